The molecule has 0 aromatic heterocycles. The number of hydrogen-bond acceptors (Lipinski definition) is 4. The fourth-order valence-electron chi connectivity index (χ4n) is 1.63. The zero-order valence-electron chi connectivity index (χ0n) is 10.1. The molecular formula is C10H18N2O4S. The van der Waals surface area contributed by atoms with E-state index < -0.39 is 15.9 Å². The van der Waals surface area contributed by atoms with Gasteiger partial charge in [0, 0.05) is 12.3 Å². The first kappa shape index (κ1) is 14.0. The van der Waals surface area contributed by atoms with Crippen molar-refractivity contribution in [1.82, 2.24) is 10.2 Å². The van der Waals surface area contributed by atoms with Gasteiger partial charge < -0.3 is 10.2 Å². The zero-order chi connectivity index (χ0) is 13.1. The Hall–Kier alpha value is -1.11. The Morgan fingerprint density at radius 1 is 1.35 bits per heavy atom. The molecule has 0 aromatic rings. The average Bonchev–Trinajstić information content (AvgIpc) is 2.30. The molecule has 0 saturated carbocycles. The number of hydrogen-bond donors (Lipinski definition) is 1. The topological polar surface area (TPSA) is 83.6 Å². The van der Waals surface area contributed by atoms with Crippen molar-refractivity contribution in [2.75, 3.05) is 24.6 Å². The Morgan fingerprint density at radius 2 is 2.00 bits per heavy atom. The van der Waals surface area contributed by atoms with Crippen LogP contribution in [0.5, 0.6) is 0 Å². The summed E-state index contributed by atoms with van der Waals surface area (Å²) in [4.78, 5) is 24.5. The second-order valence-electron chi connectivity index (χ2n) is 4.02. The summed E-state index contributed by atoms with van der Waals surface area (Å²) >= 11 is 0. The molecule has 1 fully saturated rings. The van der Waals surface area contributed by atoms with E-state index in [2.05, 4.69) is 5.32 Å². The van der Waals surface area contributed by atoms with E-state index in [1.165, 1.54) is 4.90 Å². The van der Waals surface area contributed by atoms with Gasteiger partial charge in [0.1, 0.15) is 6.04 Å². The molecule has 1 heterocycles. The molecule has 1 rings (SSSR count). The molecular weight excluding hydrogens is 244 g/mol. The normalized spacial score (nSPS) is 21.5. The lowest BCUT2D eigenvalue weighted by Crippen LogP contribution is -2.58. The number of piperazine rings is 1. The molecule has 0 spiro atoms. The van der Waals surface area contributed by atoms with Crippen LogP contribution < -0.4 is 5.32 Å². The minimum atomic E-state index is -3.11. The molecule has 1 aliphatic rings. The summed E-state index contributed by atoms with van der Waals surface area (Å²) in [5, 5.41) is 2.58. The van der Waals surface area contributed by atoms with Gasteiger partial charge in [-0.1, -0.05) is 13.8 Å². The maximum atomic E-state index is 11.8. The number of nitrogens with one attached hydrogen (secondary N) is 1. The standard InChI is InChI=1S/C10H18N2O4S/c1-3-8-10(14)12(7-9(13)11-8)5-6-17(15,16)4-2/h8H,3-7H2,1-2H3,(H,11,13). The molecule has 1 atom stereocenters. The Kier molecular flexibility index (Phi) is 4.50. The van der Waals surface area contributed by atoms with E-state index >= 15 is 0 Å². The van der Waals surface area contributed by atoms with Gasteiger partial charge in [-0.2, -0.15) is 0 Å². The predicted octanol–water partition coefficient (Wildman–Crippen LogP) is -0.842. The Morgan fingerprint density at radius 3 is 2.53 bits per heavy atom. The molecule has 98 valence electrons. The van der Waals surface area contributed by atoms with Crippen LogP contribution in [-0.4, -0.2) is 55.8 Å². The van der Waals surface area contributed by atoms with Crippen LogP contribution in [-0.2, 0) is 19.4 Å². The molecule has 1 saturated heterocycles. The van der Waals surface area contributed by atoms with E-state index in [-0.39, 0.29) is 36.4 Å². The molecule has 0 radical (unpaired) electrons. The molecule has 1 N–H and O–H groups in total. The summed E-state index contributed by atoms with van der Waals surface area (Å²) in [6.07, 6.45) is 0.515. The monoisotopic (exact) mass is 262 g/mol. The lowest BCUT2D eigenvalue weighted by Gasteiger charge is -2.31. The summed E-state index contributed by atoms with van der Waals surface area (Å²) in [7, 11) is -3.11. The van der Waals surface area contributed by atoms with Crippen molar-refractivity contribution >= 4 is 21.7 Å². The maximum Gasteiger partial charge on any atom is 0.245 e. The van der Waals surface area contributed by atoms with Crippen LogP contribution in [0.3, 0.4) is 0 Å². The highest BCUT2D eigenvalue weighted by Gasteiger charge is 2.31. The average molecular weight is 262 g/mol. The van der Waals surface area contributed by atoms with Crippen LogP contribution in [0.1, 0.15) is 20.3 Å². The van der Waals surface area contributed by atoms with Crippen LogP contribution >= 0.6 is 0 Å². The lowest BCUT2D eigenvalue weighted by molar-refractivity contribution is -0.144. The quantitative estimate of drug-likeness (QED) is 0.700. The van der Waals surface area contributed by atoms with Crippen molar-refractivity contribution in [3.8, 4) is 0 Å². The lowest BCUT2D eigenvalue weighted by atomic mass is 10.1. The van der Waals surface area contributed by atoms with Gasteiger partial charge in [0.15, 0.2) is 9.84 Å². The molecule has 0 bridgehead atoms. The number of nitrogens with zero attached hydrogens (tertiary/aromatic N) is 1. The van der Waals surface area contributed by atoms with Gasteiger partial charge in [-0.05, 0) is 6.42 Å². The highest BCUT2D eigenvalue weighted by molar-refractivity contribution is 7.91. The summed E-state index contributed by atoms with van der Waals surface area (Å²) in [6, 6.07) is -0.513. The van der Waals surface area contributed by atoms with Crippen molar-refractivity contribution in [2.24, 2.45) is 0 Å². The fraction of sp³-hybridized carbons (Fsp3) is 0.800. The van der Waals surface area contributed by atoms with E-state index in [1.54, 1.807) is 13.8 Å². The van der Waals surface area contributed by atoms with Gasteiger partial charge in [-0.3, -0.25) is 9.59 Å². The van der Waals surface area contributed by atoms with Crippen molar-refractivity contribution in [3.05, 3.63) is 0 Å². The largest absolute Gasteiger partial charge is 0.343 e. The second-order valence-corrected chi connectivity index (χ2v) is 6.50. The minimum absolute atomic E-state index is 0.0471. The molecule has 0 aromatic carbocycles. The van der Waals surface area contributed by atoms with Crippen molar-refractivity contribution < 1.29 is 18.0 Å². The number of carbonyl (C=O) groups excluding carboxylic acids is 2. The molecule has 6 nitrogen and oxygen atoms in total. The van der Waals surface area contributed by atoms with Crippen molar-refractivity contribution in [3.63, 3.8) is 0 Å². The third-order valence-electron chi connectivity index (χ3n) is 2.80. The van der Waals surface area contributed by atoms with E-state index in [1.807, 2.05) is 0 Å². The van der Waals surface area contributed by atoms with E-state index in [0.29, 0.717) is 6.42 Å². The first-order valence-electron chi connectivity index (χ1n) is 5.68. The molecule has 1 unspecified atom stereocenters. The van der Waals surface area contributed by atoms with Crippen LogP contribution in [0.4, 0.5) is 0 Å². The molecule has 0 aliphatic carbocycles. The maximum absolute atomic E-state index is 11.8. The van der Waals surface area contributed by atoms with Gasteiger partial charge in [0.05, 0.1) is 12.3 Å². The summed E-state index contributed by atoms with van der Waals surface area (Å²) in [5.41, 5.74) is 0. The third-order valence-corrected chi connectivity index (χ3v) is 4.48. The number of carbonyl (C=O) groups is 2. The van der Waals surface area contributed by atoms with Crippen molar-refractivity contribution in [1.29, 1.82) is 0 Å². The van der Waals surface area contributed by atoms with Gasteiger partial charge in [0.25, 0.3) is 0 Å². The van der Waals surface area contributed by atoms with Gasteiger partial charge in [0.2, 0.25) is 11.8 Å². The summed E-state index contributed by atoms with van der Waals surface area (Å²) < 4.78 is 22.7. The Labute approximate surface area is 101 Å². The third kappa shape index (κ3) is 3.69. The van der Waals surface area contributed by atoms with E-state index in [0.717, 1.165) is 0 Å². The van der Waals surface area contributed by atoms with E-state index in [4.69, 9.17) is 0 Å². The van der Waals surface area contributed by atoms with Gasteiger partial charge in [-0.15, -0.1) is 0 Å². The molecule has 1 aliphatic heterocycles. The summed E-state index contributed by atoms with van der Waals surface area (Å²) in [6.45, 7) is 3.41. The summed E-state index contributed by atoms with van der Waals surface area (Å²) in [5.74, 6) is -0.457. The first-order valence-corrected chi connectivity index (χ1v) is 7.50. The van der Waals surface area contributed by atoms with Crippen molar-refractivity contribution in [2.45, 2.75) is 26.3 Å². The Balaban J connectivity index is 2.64. The van der Waals surface area contributed by atoms with Crippen LogP contribution in [0.2, 0.25) is 0 Å². The Bertz CT molecular complexity index is 405. The number of amides is 2. The second kappa shape index (κ2) is 5.48. The molecule has 17 heavy (non-hydrogen) atoms. The van der Waals surface area contributed by atoms with Gasteiger partial charge >= 0.3 is 0 Å². The van der Waals surface area contributed by atoms with Gasteiger partial charge in [-0.25, -0.2) is 8.42 Å². The molecule has 2 amide bonds. The number of rotatable bonds is 5. The zero-order valence-corrected chi connectivity index (χ0v) is 10.9. The highest BCUT2D eigenvalue weighted by atomic mass is 32.2. The van der Waals surface area contributed by atoms with E-state index in [9.17, 15) is 18.0 Å². The molecule has 7 heteroatoms. The van der Waals surface area contributed by atoms with Crippen LogP contribution in [0.25, 0.3) is 0 Å². The number of sulfone groups is 1. The van der Waals surface area contributed by atoms with Crippen LogP contribution in [0, 0.1) is 0 Å². The predicted molar refractivity (Wildman–Crippen MR) is 63.1 cm³/mol. The fourth-order valence-corrected chi connectivity index (χ4v) is 2.42. The van der Waals surface area contributed by atoms with Crippen LogP contribution in [0.15, 0.2) is 0 Å². The smallest absolute Gasteiger partial charge is 0.245 e. The SMILES string of the molecule is CCC1NC(=O)CN(CCS(=O)(=O)CC)C1=O. The minimum Gasteiger partial charge on any atom is -0.343 e. The highest BCUT2D eigenvalue weighted by Crippen LogP contribution is 2.06. The first-order chi connectivity index (χ1) is 7.89.